The smallest absolute Gasteiger partial charge is 0.388 e. The van der Waals surface area contributed by atoms with Crippen LogP contribution in [-0.4, -0.2) is 26.0 Å². The Morgan fingerprint density at radius 1 is 1.18 bits per heavy atom. The normalized spacial score (nSPS) is 9.18. The molecule has 1 aromatic carbocycles. The van der Waals surface area contributed by atoms with Crippen molar-refractivity contribution in [2.24, 2.45) is 0 Å². The van der Waals surface area contributed by atoms with Crippen molar-refractivity contribution < 1.29 is 24.9 Å². The van der Waals surface area contributed by atoms with Gasteiger partial charge in [0, 0.05) is 6.07 Å². The van der Waals surface area contributed by atoms with Gasteiger partial charge in [0.25, 0.3) is 0 Å². The summed E-state index contributed by atoms with van der Waals surface area (Å²) in [6.45, 7) is 0. The van der Waals surface area contributed by atoms with Crippen LogP contribution in [0.4, 0.5) is 11.4 Å². The summed E-state index contributed by atoms with van der Waals surface area (Å²) >= 11 is 0. The Hall–Kier alpha value is -2.75. The van der Waals surface area contributed by atoms with Gasteiger partial charge in [-0.3, -0.25) is 20.2 Å². The molecule has 0 fully saturated rings. The number of phenols is 1. The summed E-state index contributed by atoms with van der Waals surface area (Å²) in [5, 5.41) is 38.7. The molecule has 0 spiro atoms. The van der Waals surface area contributed by atoms with Crippen LogP contribution in [0.3, 0.4) is 0 Å². The Morgan fingerprint density at radius 3 is 2.06 bits per heavy atom. The van der Waals surface area contributed by atoms with E-state index in [1.807, 2.05) is 0 Å². The molecule has 10 nitrogen and oxygen atoms in total. The van der Waals surface area contributed by atoms with E-state index >= 15 is 0 Å². The maximum Gasteiger partial charge on any atom is 0.388 e. The van der Waals surface area contributed by atoms with Crippen LogP contribution >= 0.6 is 0 Å². The van der Waals surface area contributed by atoms with Crippen LogP contribution in [0.1, 0.15) is 10.4 Å². The third-order valence-corrected chi connectivity index (χ3v) is 1.74. The van der Waals surface area contributed by atoms with Crippen LogP contribution in [0, 0.1) is 20.2 Å². The van der Waals surface area contributed by atoms with Gasteiger partial charge in [-0.05, 0) is 6.07 Å². The van der Waals surface area contributed by atoms with E-state index in [-0.39, 0.29) is 6.15 Å². The molecule has 0 heterocycles. The van der Waals surface area contributed by atoms with E-state index in [0.717, 1.165) is 6.07 Å². The standard InChI is InChI=1S/C7H4N2O7.H3N/c10-6-3(7(11)12)1-2-4(8(13)14)5(6)9(15)16;/h1-2,10H,(H,11,12);1H3/p+1. The number of carboxylic acid groups (broad SMARTS) is 1. The number of aromatic hydroxyl groups is 1. The quantitative estimate of drug-likeness (QED) is 0.530. The first-order valence-electron chi connectivity index (χ1n) is 3.74. The first kappa shape index (κ1) is 14.2. The molecule has 0 bridgehead atoms. The lowest BCUT2D eigenvalue weighted by atomic mass is 10.1. The molecular formula is C7H8N3O7+. The monoisotopic (exact) mass is 246 g/mol. The highest BCUT2D eigenvalue weighted by Crippen LogP contribution is 2.38. The highest BCUT2D eigenvalue weighted by atomic mass is 16.6. The fourth-order valence-corrected chi connectivity index (χ4v) is 1.07. The number of rotatable bonds is 3. The molecule has 92 valence electrons. The number of nitro groups is 2. The van der Waals surface area contributed by atoms with E-state index in [0.29, 0.717) is 6.07 Å². The lowest BCUT2D eigenvalue weighted by Gasteiger charge is -2.00. The molecule has 0 saturated carbocycles. The average Bonchev–Trinajstić information content (AvgIpc) is 2.15. The Bertz CT molecular complexity index is 498. The zero-order chi connectivity index (χ0) is 12.5. The minimum absolute atomic E-state index is 0. The van der Waals surface area contributed by atoms with Crippen molar-refractivity contribution >= 4 is 17.3 Å². The van der Waals surface area contributed by atoms with Crippen molar-refractivity contribution in [3.8, 4) is 5.75 Å². The van der Waals surface area contributed by atoms with Gasteiger partial charge in [-0.2, -0.15) is 0 Å². The summed E-state index contributed by atoms with van der Waals surface area (Å²) < 4.78 is 0. The van der Waals surface area contributed by atoms with Crippen molar-refractivity contribution in [1.82, 2.24) is 6.15 Å². The van der Waals surface area contributed by atoms with Gasteiger partial charge in [0.05, 0.1) is 9.85 Å². The molecule has 1 aromatic rings. The molecule has 0 saturated heterocycles. The summed E-state index contributed by atoms with van der Waals surface area (Å²) in [7, 11) is 0. The molecule has 6 N–H and O–H groups in total. The number of aromatic carboxylic acids is 1. The first-order valence-corrected chi connectivity index (χ1v) is 3.74. The third-order valence-electron chi connectivity index (χ3n) is 1.74. The molecule has 0 unspecified atom stereocenters. The molecule has 0 aromatic heterocycles. The van der Waals surface area contributed by atoms with Crippen LogP contribution in [-0.2, 0) is 0 Å². The number of quaternary nitrogens is 1. The number of hydrogen-bond acceptors (Lipinski definition) is 6. The molecule has 0 atom stereocenters. The Balaban J connectivity index is 0.00000256. The largest absolute Gasteiger partial charge is 0.501 e. The van der Waals surface area contributed by atoms with Crippen molar-refractivity contribution in [3.63, 3.8) is 0 Å². The van der Waals surface area contributed by atoms with Gasteiger partial charge in [0.2, 0.25) is 5.75 Å². The summed E-state index contributed by atoms with van der Waals surface area (Å²) in [6.07, 6.45) is 0. The number of carboxylic acids is 1. The van der Waals surface area contributed by atoms with Crippen LogP contribution in [0.2, 0.25) is 0 Å². The molecule has 0 aliphatic carbocycles. The second-order valence-corrected chi connectivity index (χ2v) is 2.65. The predicted octanol–water partition coefficient (Wildman–Crippen LogP) is 1.28. The van der Waals surface area contributed by atoms with Gasteiger partial charge < -0.3 is 16.4 Å². The van der Waals surface area contributed by atoms with E-state index in [2.05, 4.69) is 0 Å². The number of benzene rings is 1. The lowest BCUT2D eigenvalue weighted by Crippen LogP contribution is -2.02. The summed E-state index contributed by atoms with van der Waals surface area (Å²) in [5.41, 5.74) is -2.96. The van der Waals surface area contributed by atoms with Gasteiger partial charge in [0.1, 0.15) is 5.56 Å². The summed E-state index contributed by atoms with van der Waals surface area (Å²) in [5.74, 6) is -2.85. The number of hydrogen-bond donors (Lipinski definition) is 3. The first-order chi connectivity index (χ1) is 7.36. The van der Waals surface area contributed by atoms with Crippen LogP contribution in [0.15, 0.2) is 12.1 Å². The lowest BCUT2D eigenvalue weighted by molar-refractivity contribution is -0.423. The average molecular weight is 246 g/mol. The Morgan fingerprint density at radius 2 is 1.71 bits per heavy atom. The molecular weight excluding hydrogens is 238 g/mol. The topological polar surface area (TPSA) is 180 Å². The van der Waals surface area contributed by atoms with Crippen molar-refractivity contribution in [2.75, 3.05) is 0 Å². The second kappa shape index (κ2) is 4.85. The van der Waals surface area contributed by atoms with Crippen LogP contribution in [0.25, 0.3) is 0 Å². The molecule has 0 amide bonds. The van der Waals surface area contributed by atoms with E-state index in [1.54, 1.807) is 0 Å². The second-order valence-electron chi connectivity index (χ2n) is 2.65. The maximum atomic E-state index is 10.5. The van der Waals surface area contributed by atoms with Gasteiger partial charge in [-0.25, -0.2) is 4.79 Å². The zero-order valence-electron chi connectivity index (χ0n) is 8.48. The number of nitrogens with zero attached hydrogens (tertiary/aromatic N) is 2. The van der Waals surface area contributed by atoms with Crippen molar-refractivity contribution in [3.05, 3.63) is 37.9 Å². The molecule has 17 heavy (non-hydrogen) atoms. The zero-order valence-corrected chi connectivity index (χ0v) is 8.48. The van der Waals surface area contributed by atoms with Crippen LogP contribution < -0.4 is 6.15 Å². The van der Waals surface area contributed by atoms with E-state index in [4.69, 9.17) is 5.11 Å². The minimum atomic E-state index is -1.62. The van der Waals surface area contributed by atoms with E-state index in [9.17, 15) is 30.1 Å². The van der Waals surface area contributed by atoms with Gasteiger partial charge in [-0.15, -0.1) is 0 Å². The number of nitro benzene ring substituents is 2. The highest BCUT2D eigenvalue weighted by molar-refractivity contribution is 5.93. The minimum Gasteiger partial charge on any atom is -0.501 e. The number of carbonyl (C=O) groups is 1. The SMILES string of the molecule is O=C(O)c1ccc([N+](=O)[O-])c([N+](=O)[O-])c1O.[NH4+]. The Kier molecular flexibility index (Phi) is 4.06. The maximum absolute atomic E-state index is 10.5. The van der Waals surface area contributed by atoms with Gasteiger partial charge in [-0.1, -0.05) is 0 Å². The Labute approximate surface area is 93.0 Å². The van der Waals surface area contributed by atoms with Crippen molar-refractivity contribution in [2.45, 2.75) is 0 Å². The van der Waals surface area contributed by atoms with E-state index in [1.165, 1.54) is 0 Å². The van der Waals surface area contributed by atoms with Gasteiger partial charge in [0.15, 0.2) is 0 Å². The molecule has 0 aliphatic heterocycles. The predicted molar refractivity (Wildman–Crippen MR) is 54.4 cm³/mol. The fraction of sp³-hybridized carbons (Fsp3) is 0. The summed E-state index contributed by atoms with van der Waals surface area (Å²) in [6, 6.07) is 1.38. The fourth-order valence-electron chi connectivity index (χ4n) is 1.07. The van der Waals surface area contributed by atoms with Gasteiger partial charge >= 0.3 is 17.3 Å². The highest BCUT2D eigenvalue weighted by Gasteiger charge is 2.32. The van der Waals surface area contributed by atoms with Crippen molar-refractivity contribution in [1.29, 1.82) is 0 Å². The molecule has 10 heteroatoms. The summed E-state index contributed by atoms with van der Waals surface area (Å²) in [4.78, 5) is 29.1. The van der Waals surface area contributed by atoms with Crippen LogP contribution in [0.5, 0.6) is 5.75 Å². The molecule has 0 radical (unpaired) electrons. The van der Waals surface area contributed by atoms with E-state index < -0.39 is 38.5 Å². The molecule has 0 aliphatic rings. The molecule has 1 rings (SSSR count). The third kappa shape index (κ3) is 2.43.